The molecule has 0 bridgehead atoms. The third-order valence-electron chi connectivity index (χ3n) is 4.33. The van der Waals surface area contributed by atoms with Gasteiger partial charge in [-0.1, -0.05) is 42.5 Å². The van der Waals surface area contributed by atoms with Crippen molar-refractivity contribution in [3.63, 3.8) is 0 Å². The summed E-state index contributed by atoms with van der Waals surface area (Å²) in [5, 5.41) is 9.64. The van der Waals surface area contributed by atoms with Gasteiger partial charge < -0.3 is 10.8 Å². The van der Waals surface area contributed by atoms with E-state index >= 15 is 0 Å². The Morgan fingerprint density at radius 1 is 1.05 bits per heavy atom. The van der Waals surface area contributed by atoms with Gasteiger partial charge in [0.25, 0.3) is 0 Å². The van der Waals surface area contributed by atoms with Gasteiger partial charge in [-0.15, -0.1) is 0 Å². The Hall–Kier alpha value is -2.29. The highest BCUT2D eigenvalue weighted by atomic mass is 16.4. The van der Waals surface area contributed by atoms with Crippen molar-refractivity contribution in [3.8, 4) is 0 Å². The highest BCUT2D eigenvalue weighted by molar-refractivity contribution is 5.83. The summed E-state index contributed by atoms with van der Waals surface area (Å²) < 4.78 is 0. The number of rotatable bonds is 3. The zero-order chi connectivity index (χ0) is 14.2. The minimum absolute atomic E-state index is 0.324. The van der Waals surface area contributed by atoms with E-state index in [1.54, 1.807) is 12.1 Å². The summed E-state index contributed by atoms with van der Waals surface area (Å²) in [4.78, 5) is 11.7. The second-order valence-corrected chi connectivity index (χ2v) is 5.53. The van der Waals surface area contributed by atoms with Crippen LogP contribution in [-0.2, 0) is 10.2 Å². The molecule has 0 amide bonds. The predicted octanol–water partition coefficient (Wildman–Crippen LogP) is 3.17. The standard InChI is InChI=1S/C17H17NO2/c18-15-8-6-14(7-9-15)17(16(19)20)10-13(11-17)12-4-2-1-3-5-12/h1-9,13H,10-11,18H2,(H,19,20). The number of anilines is 1. The highest BCUT2D eigenvalue weighted by Gasteiger charge is 2.51. The van der Waals surface area contributed by atoms with Crippen molar-refractivity contribution in [1.82, 2.24) is 0 Å². The maximum Gasteiger partial charge on any atom is 0.314 e. The molecule has 0 saturated heterocycles. The maximum atomic E-state index is 11.7. The molecule has 20 heavy (non-hydrogen) atoms. The molecule has 102 valence electrons. The van der Waals surface area contributed by atoms with Gasteiger partial charge in [-0.25, -0.2) is 0 Å². The molecule has 1 aliphatic rings. The number of benzene rings is 2. The van der Waals surface area contributed by atoms with Crippen molar-refractivity contribution in [3.05, 3.63) is 65.7 Å². The van der Waals surface area contributed by atoms with E-state index in [1.165, 1.54) is 5.56 Å². The summed E-state index contributed by atoms with van der Waals surface area (Å²) in [7, 11) is 0. The Morgan fingerprint density at radius 3 is 2.20 bits per heavy atom. The number of hydrogen-bond acceptors (Lipinski definition) is 2. The smallest absolute Gasteiger partial charge is 0.314 e. The average molecular weight is 267 g/mol. The van der Waals surface area contributed by atoms with E-state index in [1.807, 2.05) is 30.3 Å². The maximum absolute atomic E-state index is 11.7. The van der Waals surface area contributed by atoms with Gasteiger partial charge >= 0.3 is 5.97 Å². The number of nitrogen functional groups attached to an aromatic ring is 1. The first kappa shape index (κ1) is 12.7. The normalized spacial score (nSPS) is 24.9. The molecule has 3 heteroatoms. The van der Waals surface area contributed by atoms with Gasteiger partial charge in [0.05, 0.1) is 5.41 Å². The van der Waals surface area contributed by atoms with E-state index < -0.39 is 11.4 Å². The lowest BCUT2D eigenvalue weighted by atomic mass is 9.57. The molecule has 2 aromatic rings. The van der Waals surface area contributed by atoms with Crippen LogP contribution in [0.25, 0.3) is 0 Å². The van der Waals surface area contributed by atoms with Crippen LogP contribution in [0, 0.1) is 0 Å². The van der Waals surface area contributed by atoms with Gasteiger partial charge in [0.15, 0.2) is 0 Å². The number of aliphatic carboxylic acids is 1. The third-order valence-corrected chi connectivity index (χ3v) is 4.33. The van der Waals surface area contributed by atoms with Gasteiger partial charge in [-0.2, -0.15) is 0 Å². The molecule has 0 aromatic heterocycles. The first-order valence-electron chi connectivity index (χ1n) is 6.76. The van der Waals surface area contributed by atoms with Gasteiger partial charge in [0, 0.05) is 5.69 Å². The number of carboxylic acids is 1. The minimum Gasteiger partial charge on any atom is -0.481 e. The first-order chi connectivity index (χ1) is 9.62. The summed E-state index contributed by atoms with van der Waals surface area (Å²) in [5.74, 6) is -0.417. The van der Waals surface area contributed by atoms with E-state index in [9.17, 15) is 9.90 Å². The fourth-order valence-corrected chi connectivity index (χ4v) is 3.08. The van der Waals surface area contributed by atoms with Crippen molar-refractivity contribution in [1.29, 1.82) is 0 Å². The molecule has 0 radical (unpaired) electrons. The summed E-state index contributed by atoms with van der Waals surface area (Å²) in [6.45, 7) is 0. The number of carboxylic acid groups (broad SMARTS) is 1. The Kier molecular flexibility index (Phi) is 2.97. The Bertz CT molecular complexity index is 613. The van der Waals surface area contributed by atoms with Crippen LogP contribution >= 0.6 is 0 Å². The van der Waals surface area contributed by atoms with Crippen molar-refractivity contribution >= 4 is 11.7 Å². The average Bonchev–Trinajstić information content (AvgIpc) is 2.40. The van der Waals surface area contributed by atoms with Gasteiger partial charge in [-0.3, -0.25) is 4.79 Å². The van der Waals surface area contributed by atoms with Crippen molar-refractivity contribution in [2.75, 3.05) is 5.73 Å². The number of carbonyl (C=O) groups is 1. The van der Waals surface area contributed by atoms with Crippen LogP contribution < -0.4 is 5.73 Å². The molecular weight excluding hydrogens is 250 g/mol. The van der Waals surface area contributed by atoms with Gasteiger partial charge in [-0.05, 0) is 42.0 Å². The molecule has 0 atom stereocenters. The highest BCUT2D eigenvalue weighted by Crippen LogP contribution is 2.52. The molecular formula is C17H17NO2. The molecule has 1 fully saturated rings. The second-order valence-electron chi connectivity index (χ2n) is 5.53. The molecule has 0 heterocycles. The molecule has 3 rings (SSSR count). The topological polar surface area (TPSA) is 63.3 Å². The van der Waals surface area contributed by atoms with E-state index in [-0.39, 0.29) is 0 Å². The quantitative estimate of drug-likeness (QED) is 0.840. The largest absolute Gasteiger partial charge is 0.481 e. The lowest BCUT2D eigenvalue weighted by molar-refractivity contribution is -0.148. The fraction of sp³-hybridized carbons (Fsp3) is 0.235. The second kappa shape index (κ2) is 4.67. The molecule has 3 nitrogen and oxygen atoms in total. The van der Waals surface area contributed by atoms with Gasteiger partial charge in [0.1, 0.15) is 0 Å². The van der Waals surface area contributed by atoms with E-state index in [4.69, 9.17) is 5.73 Å². The summed E-state index contributed by atoms with van der Waals surface area (Å²) in [5.41, 5.74) is 7.66. The van der Waals surface area contributed by atoms with E-state index in [0.717, 1.165) is 5.56 Å². The Balaban J connectivity index is 1.87. The Labute approximate surface area is 118 Å². The van der Waals surface area contributed by atoms with Crippen LogP contribution in [0.4, 0.5) is 5.69 Å². The summed E-state index contributed by atoms with van der Waals surface area (Å²) in [6.07, 6.45) is 1.30. The van der Waals surface area contributed by atoms with Crippen molar-refractivity contribution in [2.24, 2.45) is 0 Å². The lowest BCUT2D eigenvalue weighted by Gasteiger charge is -2.45. The van der Waals surface area contributed by atoms with Crippen LogP contribution in [-0.4, -0.2) is 11.1 Å². The lowest BCUT2D eigenvalue weighted by Crippen LogP contribution is -2.46. The molecule has 1 aliphatic carbocycles. The molecule has 0 spiro atoms. The van der Waals surface area contributed by atoms with Crippen LogP contribution in [0.15, 0.2) is 54.6 Å². The van der Waals surface area contributed by atoms with Crippen LogP contribution in [0.5, 0.6) is 0 Å². The Morgan fingerprint density at radius 2 is 1.65 bits per heavy atom. The summed E-state index contributed by atoms with van der Waals surface area (Å²) >= 11 is 0. The fourth-order valence-electron chi connectivity index (χ4n) is 3.08. The van der Waals surface area contributed by atoms with E-state index in [0.29, 0.717) is 24.4 Å². The number of hydrogen-bond donors (Lipinski definition) is 2. The van der Waals surface area contributed by atoms with Crippen LogP contribution in [0.2, 0.25) is 0 Å². The SMILES string of the molecule is Nc1ccc(C2(C(=O)O)CC(c3ccccc3)C2)cc1. The third kappa shape index (κ3) is 1.95. The monoisotopic (exact) mass is 267 g/mol. The van der Waals surface area contributed by atoms with Crippen LogP contribution in [0.1, 0.15) is 29.9 Å². The van der Waals surface area contributed by atoms with Crippen molar-refractivity contribution in [2.45, 2.75) is 24.2 Å². The zero-order valence-corrected chi connectivity index (χ0v) is 11.1. The molecule has 2 aromatic carbocycles. The number of nitrogens with two attached hydrogens (primary N) is 1. The molecule has 3 N–H and O–H groups in total. The molecule has 0 aliphatic heterocycles. The van der Waals surface area contributed by atoms with Crippen molar-refractivity contribution < 1.29 is 9.90 Å². The summed E-state index contributed by atoms with van der Waals surface area (Å²) in [6, 6.07) is 17.3. The van der Waals surface area contributed by atoms with Gasteiger partial charge in [0.2, 0.25) is 0 Å². The molecule has 0 unspecified atom stereocenters. The van der Waals surface area contributed by atoms with E-state index in [2.05, 4.69) is 12.1 Å². The molecule has 1 saturated carbocycles. The first-order valence-corrected chi connectivity index (χ1v) is 6.76. The predicted molar refractivity (Wildman–Crippen MR) is 78.6 cm³/mol. The zero-order valence-electron chi connectivity index (χ0n) is 11.1. The van der Waals surface area contributed by atoms with Crippen LogP contribution in [0.3, 0.4) is 0 Å². The minimum atomic E-state index is -0.756.